The van der Waals surface area contributed by atoms with Crippen molar-refractivity contribution in [3.8, 4) is 11.4 Å². The molecule has 28 heavy (non-hydrogen) atoms. The summed E-state index contributed by atoms with van der Waals surface area (Å²) in [4.78, 5) is 13.7. The van der Waals surface area contributed by atoms with Crippen molar-refractivity contribution >= 4 is 34.7 Å². The molecule has 0 saturated heterocycles. The third-order valence-corrected chi connectivity index (χ3v) is 6.53. The van der Waals surface area contributed by atoms with E-state index in [1.807, 2.05) is 31.2 Å². The van der Waals surface area contributed by atoms with Gasteiger partial charge in [0, 0.05) is 28.1 Å². The number of rotatable bonds is 8. The van der Waals surface area contributed by atoms with Crippen LogP contribution >= 0.6 is 23.1 Å². The first-order chi connectivity index (χ1) is 13.5. The van der Waals surface area contributed by atoms with Crippen LogP contribution in [-0.2, 0) is 17.8 Å². The highest BCUT2D eigenvalue weighted by atomic mass is 32.2. The number of nitrogens with zero attached hydrogens (tertiary/aromatic N) is 3. The lowest BCUT2D eigenvalue weighted by molar-refractivity contribution is -0.113. The Morgan fingerprint density at radius 1 is 1.21 bits per heavy atom. The van der Waals surface area contributed by atoms with E-state index in [2.05, 4.69) is 46.2 Å². The Labute approximate surface area is 174 Å². The average molecular weight is 415 g/mol. The number of thioether (sulfide) groups is 1. The van der Waals surface area contributed by atoms with E-state index in [0.717, 1.165) is 41.6 Å². The maximum atomic E-state index is 12.4. The molecule has 0 atom stereocenters. The van der Waals surface area contributed by atoms with E-state index >= 15 is 0 Å². The quantitative estimate of drug-likeness (QED) is 0.506. The van der Waals surface area contributed by atoms with Gasteiger partial charge in [0.15, 0.2) is 11.0 Å². The molecule has 2 heterocycles. The van der Waals surface area contributed by atoms with Crippen molar-refractivity contribution in [3.63, 3.8) is 0 Å². The zero-order chi connectivity index (χ0) is 20.1. The number of anilines is 1. The van der Waals surface area contributed by atoms with Gasteiger partial charge in [0.2, 0.25) is 5.91 Å². The fraction of sp³-hybridized carbons (Fsp3) is 0.381. The monoisotopic (exact) mass is 414 g/mol. The normalized spacial score (nSPS) is 11.0. The number of aryl methyl sites for hydroxylation is 2. The van der Waals surface area contributed by atoms with Crippen LogP contribution in [0.15, 0.2) is 34.8 Å². The van der Waals surface area contributed by atoms with E-state index in [0.29, 0.717) is 5.75 Å². The first-order valence-corrected chi connectivity index (χ1v) is 11.4. The molecule has 2 aromatic heterocycles. The minimum absolute atomic E-state index is 0.0347. The fourth-order valence-corrected chi connectivity index (χ4v) is 4.86. The number of hydrogen-bond donors (Lipinski definition) is 1. The summed E-state index contributed by atoms with van der Waals surface area (Å²) >= 11 is 3.19. The number of para-hydroxylation sites is 1. The van der Waals surface area contributed by atoms with Crippen LogP contribution < -0.4 is 5.32 Å². The van der Waals surface area contributed by atoms with Crippen molar-refractivity contribution in [2.75, 3.05) is 11.1 Å². The van der Waals surface area contributed by atoms with Crippen LogP contribution in [-0.4, -0.2) is 26.4 Å². The number of carbonyl (C=O) groups excluding carboxylic acids is 1. The molecule has 148 valence electrons. The van der Waals surface area contributed by atoms with Gasteiger partial charge in [-0.1, -0.05) is 43.8 Å². The number of aromatic nitrogens is 3. The summed E-state index contributed by atoms with van der Waals surface area (Å²) < 4.78 is 2.15. The zero-order valence-corrected chi connectivity index (χ0v) is 18.4. The van der Waals surface area contributed by atoms with Crippen LogP contribution in [0.1, 0.15) is 36.3 Å². The second-order valence-electron chi connectivity index (χ2n) is 6.65. The van der Waals surface area contributed by atoms with Gasteiger partial charge in [0.25, 0.3) is 0 Å². The molecule has 3 aromatic rings. The van der Waals surface area contributed by atoms with Crippen LogP contribution in [0.3, 0.4) is 0 Å². The Morgan fingerprint density at radius 2 is 2.00 bits per heavy atom. The number of nitrogens with one attached hydrogen (secondary N) is 1. The zero-order valence-electron chi connectivity index (χ0n) is 16.8. The molecule has 0 spiro atoms. The molecular formula is C21H26N4OS2. The summed E-state index contributed by atoms with van der Waals surface area (Å²) in [5.41, 5.74) is 4.41. The highest BCUT2D eigenvalue weighted by Crippen LogP contribution is 2.32. The van der Waals surface area contributed by atoms with Crippen molar-refractivity contribution in [3.05, 3.63) is 45.6 Å². The SMILES string of the molecule is CCCn1c(SCC(=O)Nc2ccccc2C)nnc1-c1csc(C)c1CC. The minimum atomic E-state index is -0.0347. The lowest BCUT2D eigenvalue weighted by atomic mass is 10.1. The lowest BCUT2D eigenvalue weighted by Gasteiger charge is -2.10. The van der Waals surface area contributed by atoms with E-state index in [1.54, 1.807) is 11.3 Å². The molecule has 0 fully saturated rings. The van der Waals surface area contributed by atoms with E-state index < -0.39 is 0 Å². The largest absolute Gasteiger partial charge is 0.325 e. The van der Waals surface area contributed by atoms with Gasteiger partial charge in [-0.25, -0.2) is 0 Å². The second-order valence-corrected chi connectivity index (χ2v) is 8.67. The van der Waals surface area contributed by atoms with Gasteiger partial charge < -0.3 is 9.88 Å². The number of amides is 1. The molecule has 0 radical (unpaired) electrons. The Hall–Kier alpha value is -2.12. The lowest BCUT2D eigenvalue weighted by Crippen LogP contribution is -2.15. The second kappa shape index (κ2) is 9.39. The molecule has 1 aromatic carbocycles. The van der Waals surface area contributed by atoms with Crippen LogP contribution in [0.5, 0.6) is 0 Å². The Balaban J connectivity index is 1.76. The molecule has 1 N–H and O–H groups in total. The molecular weight excluding hydrogens is 388 g/mol. The predicted molar refractivity (Wildman–Crippen MR) is 118 cm³/mol. The van der Waals surface area contributed by atoms with E-state index in [-0.39, 0.29) is 5.91 Å². The fourth-order valence-electron chi connectivity index (χ4n) is 3.16. The van der Waals surface area contributed by atoms with E-state index in [1.165, 1.54) is 27.8 Å². The molecule has 0 unspecified atom stereocenters. The average Bonchev–Trinajstić information content (AvgIpc) is 3.25. The standard InChI is InChI=1S/C21H26N4OS2/c1-5-11-25-20(17-12-27-15(4)16(17)6-2)23-24-21(25)28-13-19(26)22-18-10-8-7-9-14(18)3/h7-10,12H,5-6,11,13H2,1-4H3,(H,22,26). The molecule has 0 aliphatic heterocycles. The molecule has 5 nitrogen and oxygen atoms in total. The summed E-state index contributed by atoms with van der Waals surface area (Å²) in [6.45, 7) is 9.29. The minimum Gasteiger partial charge on any atom is -0.325 e. The van der Waals surface area contributed by atoms with Gasteiger partial charge >= 0.3 is 0 Å². The van der Waals surface area contributed by atoms with E-state index in [4.69, 9.17) is 0 Å². The molecule has 0 bridgehead atoms. The highest BCUT2D eigenvalue weighted by molar-refractivity contribution is 7.99. The third kappa shape index (κ3) is 4.47. The van der Waals surface area contributed by atoms with E-state index in [9.17, 15) is 4.79 Å². The van der Waals surface area contributed by atoms with Crippen molar-refractivity contribution < 1.29 is 4.79 Å². The van der Waals surface area contributed by atoms with Crippen LogP contribution in [0.2, 0.25) is 0 Å². The van der Waals surface area contributed by atoms with Crippen LogP contribution in [0.4, 0.5) is 5.69 Å². The molecule has 0 aliphatic carbocycles. The molecule has 1 amide bonds. The van der Waals surface area contributed by atoms with Gasteiger partial charge in [-0.15, -0.1) is 21.5 Å². The van der Waals surface area contributed by atoms with Gasteiger partial charge in [-0.3, -0.25) is 4.79 Å². The van der Waals surface area contributed by atoms with Crippen molar-refractivity contribution in [2.45, 2.75) is 52.2 Å². The highest BCUT2D eigenvalue weighted by Gasteiger charge is 2.19. The van der Waals surface area contributed by atoms with Crippen LogP contribution in [0.25, 0.3) is 11.4 Å². The maximum Gasteiger partial charge on any atom is 0.234 e. The number of carbonyl (C=O) groups is 1. The molecule has 0 saturated carbocycles. The Bertz CT molecular complexity index is 961. The summed E-state index contributed by atoms with van der Waals surface area (Å²) in [5.74, 6) is 1.18. The first kappa shape index (κ1) is 20.6. The maximum absolute atomic E-state index is 12.4. The number of thiophene rings is 1. The van der Waals surface area contributed by atoms with Gasteiger partial charge in [0.05, 0.1) is 5.75 Å². The van der Waals surface area contributed by atoms with Gasteiger partial charge in [0.1, 0.15) is 0 Å². The summed E-state index contributed by atoms with van der Waals surface area (Å²) in [7, 11) is 0. The number of benzene rings is 1. The topological polar surface area (TPSA) is 59.8 Å². The van der Waals surface area contributed by atoms with Crippen molar-refractivity contribution in [1.29, 1.82) is 0 Å². The summed E-state index contributed by atoms with van der Waals surface area (Å²) in [6, 6.07) is 7.79. The summed E-state index contributed by atoms with van der Waals surface area (Å²) in [5, 5.41) is 14.8. The molecule has 3 rings (SSSR count). The van der Waals surface area contributed by atoms with Crippen LogP contribution in [0, 0.1) is 13.8 Å². The Kier molecular flexibility index (Phi) is 6.91. The molecule has 7 heteroatoms. The smallest absolute Gasteiger partial charge is 0.234 e. The predicted octanol–water partition coefficient (Wildman–Crippen LogP) is 5.33. The Morgan fingerprint density at radius 3 is 2.71 bits per heavy atom. The summed E-state index contributed by atoms with van der Waals surface area (Å²) in [6.07, 6.45) is 1.96. The van der Waals surface area contributed by atoms with Gasteiger partial charge in [-0.2, -0.15) is 0 Å². The van der Waals surface area contributed by atoms with Crippen molar-refractivity contribution in [1.82, 2.24) is 14.8 Å². The molecule has 0 aliphatic rings. The number of hydrogen-bond acceptors (Lipinski definition) is 5. The first-order valence-electron chi connectivity index (χ1n) is 9.53. The van der Waals surface area contributed by atoms with Gasteiger partial charge in [-0.05, 0) is 43.9 Å². The third-order valence-electron chi connectivity index (χ3n) is 4.61. The van der Waals surface area contributed by atoms with Crippen molar-refractivity contribution in [2.24, 2.45) is 0 Å².